The Morgan fingerprint density at radius 2 is 1.67 bits per heavy atom. The molecule has 0 saturated heterocycles. The maximum atomic E-state index is 12.9. The normalized spacial score (nSPS) is 13.5. The summed E-state index contributed by atoms with van der Waals surface area (Å²) in [4.78, 5) is 12.9. The Hall–Kier alpha value is -2.54. The molecule has 0 aliphatic rings. The van der Waals surface area contributed by atoms with Crippen molar-refractivity contribution < 1.29 is 17.9 Å². The molecular weight excluding hydrogens is 400 g/mol. The Morgan fingerprint density at radius 3 is 2.17 bits per heavy atom. The molecule has 164 valence electrons. The molecule has 7 heteroatoms. The lowest BCUT2D eigenvalue weighted by Crippen LogP contribution is -2.40. The third-order valence-corrected chi connectivity index (χ3v) is 6.07. The minimum absolute atomic E-state index is 0.0814. The number of hydrogen-bond donors (Lipinski definition) is 1. The highest BCUT2D eigenvalue weighted by Gasteiger charge is 2.23. The highest BCUT2D eigenvalue weighted by atomic mass is 32.2. The van der Waals surface area contributed by atoms with E-state index in [0.29, 0.717) is 23.8 Å². The van der Waals surface area contributed by atoms with Crippen LogP contribution < -0.4 is 14.4 Å². The average molecular weight is 433 g/mol. The fraction of sp³-hybridized carbons (Fsp3) is 0.435. The molecule has 0 aliphatic heterocycles. The predicted molar refractivity (Wildman–Crippen MR) is 121 cm³/mol. The second kappa shape index (κ2) is 10.5. The quantitative estimate of drug-likeness (QED) is 0.612. The third kappa shape index (κ3) is 6.76. The van der Waals surface area contributed by atoms with E-state index < -0.39 is 16.1 Å². The van der Waals surface area contributed by atoms with Crippen LogP contribution in [0.3, 0.4) is 0 Å². The molecule has 6 nitrogen and oxygen atoms in total. The van der Waals surface area contributed by atoms with Crippen LogP contribution in [0, 0.1) is 5.92 Å². The van der Waals surface area contributed by atoms with E-state index in [1.807, 2.05) is 37.3 Å². The lowest BCUT2D eigenvalue weighted by atomic mass is 9.96. The zero-order valence-corrected chi connectivity index (χ0v) is 19.1. The zero-order valence-electron chi connectivity index (χ0n) is 18.3. The van der Waals surface area contributed by atoms with Gasteiger partial charge in [0.2, 0.25) is 10.0 Å². The lowest BCUT2D eigenvalue weighted by Gasteiger charge is -2.25. The summed E-state index contributed by atoms with van der Waals surface area (Å²) >= 11 is 0. The van der Waals surface area contributed by atoms with E-state index in [1.165, 1.54) is 11.4 Å². The topological polar surface area (TPSA) is 75.7 Å². The molecule has 2 aromatic carbocycles. The van der Waals surface area contributed by atoms with Crippen LogP contribution in [-0.2, 0) is 14.8 Å². The van der Waals surface area contributed by atoms with E-state index in [9.17, 15) is 13.2 Å². The fourth-order valence-corrected chi connectivity index (χ4v) is 3.62. The molecule has 0 radical (unpaired) electrons. The second-order valence-corrected chi connectivity index (χ2v) is 9.85. The summed E-state index contributed by atoms with van der Waals surface area (Å²) in [5, 5.41) is 3.13. The van der Waals surface area contributed by atoms with Gasteiger partial charge in [-0.1, -0.05) is 51.1 Å². The lowest BCUT2D eigenvalue weighted by molar-refractivity contribution is -0.129. The van der Waals surface area contributed by atoms with Gasteiger partial charge in [0.15, 0.2) is 6.10 Å². The number of amides is 1. The molecule has 0 heterocycles. The van der Waals surface area contributed by atoms with Crippen LogP contribution in [0.5, 0.6) is 5.75 Å². The van der Waals surface area contributed by atoms with Crippen LogP contribution in [-0.4, -0.2) is 33.7 Å². The molecule has 30 heavy (non-hydrogen) atoms. The Labute approximate surface area is 180 Å². The van der Waals surface area contributed by atoms with E-state index in [2.05, 4.69) is 19.2 Å². The monoisotopic (exact) mass is 432 g/mol. The number of sulfonamides is 1. The number of carbonyl (C=O) groups excluding carboxylic acids is 1. The van der Waals surface area contributed by atoms with Crippen molar-refractivity contribution in [2.45, 2.75) is 45.8 Å². The number of rotatable bonds is 10. The van der Waals surface area contributed by atoms with Gasteiger partial charge in [-0.15, -0.1) is 0 Å². The molecule has 0 spiro atoms. The Balaban J connectivity index is 2.10. The molecule has 2 atom stereocenters. The number of benzene rings is 2. The van der Waals surface area contributed by atoms with E-state index >= 15 is 0 Å². The first kappa shape index (κ1) is 23.7. The van der Waals surface area contributed by atoms with Crippen LogP contribution in [0.2, 0.25) is 0 Å². The van der Waals surface area contributed by atoms with Crippen molar-refractivity contribution in [2.24, 2.45) is 5.92 Å². The zero-order chi connectivity index (χ0) is 22.3. The molecule has 0 saturated carbocycles. The van der Waals surface area contributed by atoms with Gasteiger partial charge in [-0.05, 0) is 48.6 Å². The standard InChI is InChI=1S/C23H32N2O4S/c1-6-22(29-20-14-12-19(13-15-20)25(4)30(5,27)28)23(26)24-21(16-17(2)3)18-10-8-7-9-11-18/h7-15,17,21-22H,6,16H2,1-5H3,(H,24,26)/t21-,22+/m0/s1. The molecule has 0 fully saturated rings. The molecule has 2 rings (SSSR count). The molecule has 0 aromatic heterocycles. The van der Waals surface area contributed by atoms with E-state index in [0.717, 1.165) is 18.2 Å². The predicted octanol–water partition coefficient (Wildman–Crippen LogP) is 4.14. The minimum Gasteiger partial charge on any atom is -0.481 e. The Morgan fingerprint density at radius 1 is 1.07 bits per heavy atom. The van der Waals surface area contributed by atoms with Crippen molar-refractivity contribution in [3.05, 3.63) is 60.2 Å². The Kier molecular flexibility index (Phi) is 8.29. The van der Waals surface area contributed by atoms with Crippen molar-refractivity contribution in [3.63, 3.8) is 0 Å². The Bertz CT molecular complexity index is 912. The van der Waals surface area contributed by atoms with Crippen molar-refractivity contribution in [3.8, 4) is 5.75 Å². The highest BCUT2D eigenvalue weighted by Crippen LogP contribution is 2.24. The number of nitrogens with zero attached hydrogens (tertiary/aromatic N) is 1. The number of nitrogens with one attached hydrogen (secondary N) is 1. The van der Waals surface area contributed by atoms with Crippen LogP contribution in [0.15, 0.2) is 54.6 Å². The van der Waals surface area contributed by atoms with Crippen LogP contribution >= 0.6 is 0 Å². The van der Waals surface area contributed by atoms with E-state index in [4.69, 9.17) is 4.74 Å². The van der Waals surface area contributed by atoms with Gasteiger partial charge in [0.05, 0.1) is 18.0 Å². The number of carbonyl (C=O) groups is 1. The minimum atomic E-state index is -3.33. The summed E-state index contributed by atoms with van der Waals surface area (Å²) in [7, 11) is -1.84. The molecule has 0 bridgehead atoms. The van der Waals surface area contributed by atoms with E-state index in [-0.39, 0.29) is 11.9 Å². The van der Waals surface area contributed by atoms with Crippen molar-refractivity contribution in [1.29, 1.82) is 0 Å². The van der Waals surface area contributed by atoms with E-state index in [1.54, 1.807) is 24.3 Å². The van der Waals surface area contributed by atoms with Gasteiger partial charge < -0.3 is 10.1 Å². The molecule has 2 aromatic rings. The SMILES string of the molecule is CC[C@@H](Oc1ccc(N(C)S(C)(=O)=O)cc1)C(=O)N[C@@H](CC(C)C)c1ccccc1. The van der Waals surface area contributed by atoms with Crippen LogP contribution in [0.25, 0.3) is 0 Å². The van der Waals surface area contributed by atoms with Gasteiger partial charge in [0, 0.05) is 7.05 Å². The summed E-state index contributed by atoms with van der Waals surface area (Å²) in [6.45, 7) is 6.16. The van der Waals surface area contributed by atoms with Gasteiger partial charge in [-0.25, -0.2) is 8.42 Å². The largest absolute Gasteiger partial charge is 0.481 e. The molecule has 1 N–H and O–H groups in total. The molecular formula is C23H32N2O4S. The number of anilines is 1. The first-order chi connectivity index (χ1) is 14.1. The number of hydrogen-bond acceptors (Lipinski definition) is 4. The second-order valence-electron chi connectivity index (χ2n) is 7.84. The highest BCUT2D eigenvalue weighted by molar-refractivity contribution is 7.92. The first-order valence-electron chi connectivity index (χ1n) is 10.2. The van der Waals surface area contributed by atoms with Crippen LogP contribution in [0.4, 0.5) is 5.69 Å². The summed E-state index contributed by atoms with van der Waals surface area (Å²) in [6.07, 6.45) is 1.86. The summed E-state index contributed by atoms with van der Waals surface area (Å²) in [6, 6.07) is 16.5. The van der Waals surface area contributed by atoms with Gasteiger partial charge in [0.25, 0.3) is 5.91 Å². The summed E-state index contributed by atoms with van der Waals surface area (Å²) in [5.41, 5.74) is 1.60. The molecule has 0 unspecified atom stereocenters. The maximum absolute atomic E-state index is 12.9. The van der Waals surface area contributed by atoms with Crippen molar-refractivity contribution >= 4 is 21.6 Å². The fourth-order valence-electron chi connectivity index (χ4n) is 3.11. The van der Waals surface area contributed by atoms with Gasteiger partial charge >= 0.3 is 0 Å². The van der Waals surface area contributed by atoms with Gasteiger partial charge in [-0.2, -0.15) is 0 Å². The van der Waals surface area contributed by atoms with Gasteiger partial charge in [-0.3, -0.25) is 9.10 Å². The van der Waals surface area contributed by atoms with Gasteiger partial charge in [0.1, 0.15) is 5.75 Å². The summed E-state index contributed by atoms with van der Waals surface area (Å²) < 4.78 is 30.4. The van der Waals surface area contributed by atoms with Crippen LogP contribution in [0.1, 0.15) is 45.2 Å². The maximum Gasteiger partial charge on any atom is 0.261 e. The van der Waals surface area contributed by atoms with Crippen molar-refractivity contribution in [1.82, 2.24) is 5.32 Å². The smallest absolute Gasteiger partial charge is 0.261 e. The van der Waals surface area contributed by atoms with Crippen molar-refractivity contribution in [2.75, 3.05) is 17.6 Å². The first-order valence-corrected chi connectivity index (χ1v) is 12.0. The summed E-state index contributed by atoms with van der Waals surface area (Å²) in [5.74, 6) is 0.781. The molecule has 0 aliphatic carbocycles. The number of ether oxygens (including phenoxy) is 1. The average Bonchev–Trinajstić information content (AvgIpc) is 2.71. The third-order valence-electron chi connectivity index (χ3n) is 4.86. The molecule has 1 amide bonds.